The predicted octanol–water partition coefficient (Wildman–Crippen LogP) is 6.02. The molecule has 0 atom stereocenters. The standard InChI is InChI=1S/C21H16N4OS4/c1-2-25-20(26)17-14(16-7-5-9-27-16)12-29-19(17)24-21(25)30-11-13-10-28-18(23-13)15-6-3-4-8-22-15/h3-10,12H,2,11H2,1H3. The number of aromatic nitrogens is 4. The maximum absolute atomic E-state index is 13.3. The summed E-state index contributed by atoms with van der Waals surface area (Å²) >= 11 is 6.31. The highest BCUT2D eigenvalue weighted by Gasteiger charge is 2.17. The van der Waals surface area contributed by atoms with E-state index in [0.717, 1.165) is 42.2 Å². The van der Waals surface area contributed by atoms with Gasteiger partial charge in [0.1, 0.15) is 9.84 Å². The van der Waals surface area contributed by atoms with E-state index in [0.29, 0.717) is 12.3 Å². The summed E-state index contributed by atoms with van der Waals surface area (Å²) in [5, 5.41) is 8.48. The minimum Gasteiger partial charge on any atom is -0.287 e. The monoisotopic (exact) mass is 468 g/mol. The summed E-state index contributed by atoms with van der Waals surface area (Å²) < 4.78 is 1.77. The first-order valence-electron chi connectivity index (χ1n) is 9.29. The molecule has 0 aromatic carbocycles. The third-order valence-electron chi connectivity index (χ3n) is 4.55. The third-order valence-corrected chi connectivity index (χ3v) is 8.25. The summed E-state index contributed by atoms with van der Waals surface area (Å²) in [6.07, 6.45) is 1.77. The normalized spacial score (nSPS) is 11.4. The predicted molar refractivity (Wildman–Crippen MR) is 128 cm³/mol. The molecule has 0 N–H and O–H groups in total. The van der Waals surface area contributed by atoms with Crippen LogP contribution in [-0.2, 0) is 12.3 Å². The van der Waals surface area contributed by atoms with E-state index in [1.54, 1.807) is 45.2 Å². The van der Waals surface area contributed by atoms with Gasteiger partial charge in [-0.1, -0.05) is 23.9 Å². The number of thiophene rings is 2. The largest absolute Gasteiger partial charge is 0.287 e. The van der Waals surface area contributed by atoms with Crippen molar-refractivity contribution in [1.29, 1.82) is 0 Å². The molecule has 0 radical (unpaired) electrons. The summed E-state index contributed by atoms with van der Waals surface area (Å²) in [6.45, 7) is 2.57. The van der Waals surface area contributed by atoms with Crippen molar-refractivity contribution in [2.45, 2.75) is 24.4 Å². The molecular weight excluding hydrogens is 453 g/mol. The molecule has 5 nitrogen and oxygen atoms in total. The Kier molecular flexibility index (Phi) is 5.51. The van der Waals surface area contributed by atoms with Gasteiger partial charge in [-0.15, -0.1) is 34.0 Å². The molecule has 0 aliphatic rings. The Hall–Kier alpha value is -2.33. The van der Waals surface area contributed by atoms with Gasteiger partial charge in [-0.3, -0.25) is 14.3 Å². The second kappa shape index (κ2) is 8.43. The van der Waals surface area contributed by atoms with Crippen molar-refractivity contribution in [3.63, 3.8) is 0 Å². The lowest BCUT2D eigenvalue weighted by Crippen LogP contribution is -2.22. The lowest BCUT2D eigenvalue weighted by atomic mass is 10.2. The molecule has 0 spiro atoms. The van der Waals surface area contributed by atoms with E-state index in [2.05, 4.69) is 4.98 Å². The Balaban J connectivity index is 1.45. The first kappa shape index (κ1) is 19.6. The fraction of sp³-hybridized carbons (Fsp3) is 0.143. The van der Waals surface area contributed by atoms with Crippen molar-refractivity contribution in [3.05, 3.63) is 68.7 Å². The van der Waals surface area contributed by atoms with Gasteiger partial charge in [0.25, 0.3) is 5.56 Å². The Labute approximate surface area is 189 Å². The van der Waals surface area contributed by atoms with Crippen molar-refractivity contribution in [2.75, 3.05) is 0 Å². The average Bonchev–Trinajstić information content (AvgIpc) is 3.53. The van der Waals surface area contributed by atoms with E-state index in [-0.39, 0.29) is 5.56 Å². The lowest BCUT2D eigenvalue weighted by Gasteiger charge is -2.09. The Bertz CT molecular complexity index is 1350. The number of pyridine rings is 1. The zero-order chi connectivity index (χ0) is 20.5. The second-order valence-electron chi connectivity index (χ2n) is 6.40. The van der Waals surface area contributed by atoms with Crippen molar-refractivity contribution >= 4 is 56.0 Å². The fourth-order valence-corrected chi connectivity index (χ4v) is 6.79. The molecule has 5 aromatic heterocycles. The number of hydrogen-bond acceptors (Lipinski definition) is 8. The molecule has 0 amide bonds. The van der Waals surface area contributed by atoms with Crippen molar-refractivity contribution in [2.24, 2.45) is 0 Å². The van der Waals surface area contributed by atoms with Gasteiger partial charge in [-0.2, -0.15) is 0 Å². The van der Waals surface area contributed by atoms with Crippen LogP contribution >= 0.6 is 45.8 Å². The van der Waals surface area contributed by atoms with E-state index in [1.165, 1.54) is 11.3 Å². The van der Waals surface area contributed by atoms with Gasteiger partial charge in [0.2, 0.25) is 0 Å². The van der Waals surface area contributed by atoms with E-state index in [4.69, 9.17) is 9.97 Å². The van der Waals surface area contributed by atoms with E-state index >= 15 is 0 Å². The molecule has 0 aliphatic heterocycles. The van der Waals surface area contributed by atoms with Gasteiger partial charge in [0.05, 0.1) is 16.8 Å². The number of nitrogens with zero attached hydrogens (tertiary/aromatic N) is 4. The Morgan fingerprint density at radius 1 is 1.07 bits per heavy atom. The summed E-state index contributed by atoms with van der Waals surface area (Å²) in [7, 11) is 0. The minimum absolute atomic E-state index is 0.0297. The molecule has 9 heteroatoms. The number of hydrogen-bond donors (Lipinski definition) is 0. The van der Waals surface area contributed by atoms with Crippen LogP contribution in [0.4, 0.5) is 0 Å². The van der Waals surface area contributed by atoms with Gasteiger partial charge >= 0.3 is 0 Å². The summed E-state index contributed by atoms with van der Waals surface area (Å²) in [6, 6.07) is 9.87. The van der Waals surface area contributed by atoms with Crippen LogP contribution in [0.1, 0.15) is 12.6 Å². The highest BCUT2D eigenvalue weighted by atomic mass is 32.2. The van der Waals surface area contributed by atoms with Crippen LogP contribution in [0.5, 0.6) is 0 Å². The third kappa shape index (κ3) is 3.62. The number of rotatable bonds is 6. The van der Waals surface area contributed by atoms with E-state index in [1.807, 2.05) is 53.4 Å². The Morgan fingerprint density at radius 3 is 2.77 bits per heavy atom. The van der Waals surface area contributed by atoms with Crippen LogP contribution in [0, 0.1) is 0 Å². The SMILES string of the molecule is CCn1c(SCc2csc(-c3ccccn3)n2)nc2scc(-c3cccs3)c2c1=O. The first-order valence-corrected chi connectivity index (χ1v) is 12.9. The van der Waals surface area contributed by atoms with Gasteiger partial charge in [-0.05, 0) is 30.5 Å². The van der Waals surface area contributed by atoms with Crippen LogP contribution in [0.15, 0.2) is 62.6 Å². The topological polar surface area (TPSA) is 60.7 Å². The summed E-state index contributed by atoms with van der Waals surface area (Å²) in [5.74, 6) is 0.657. The van der Waals surface area contributed by atoms with Gasteiger partial charge in [0, 0.05) is 39.7 Å². The zero-order valence-electron chi connectivity index (χ0n) is 15.9. The maximum Gasteiger partial charge on any atom is 0.263 e. The Morgan fingerprint density at radius 2 is 2.00 bits per heavy atom. The van der Waals surface area contributed by atoms with Gasteiger partial charge < -0.3 is 0 Å². The molecule has 0 aliphatic carbocycles. The van der Waals surface area contributed by atoms with E-state index < -0.39 is 0 Å². The maximum atomic E-state index is 13.3. The number of fused-ring (bicyclic) bond motifs is 1. The van der Waals surface area contributed by atoms with Crippen molar-refractivity contribution < 1.29 is 0 Å². The summed E-state index contributed by atoms with van der Waals surface area (Å²) in [4.78, 5) is 29.0. The smallest absolute Gasteiger partial charge is 0.263 e. The van der Waals surface area contributed by atoms with Gasteiger partial charge in [-0.25, -0.2) is 9.97 Å². The van der Waals surface area contributed by atoms with Crippen LogP contribution in [0.25, 0.3) is 31.4 Å². The first-order chi connectivity index (χ1) is 14.7. The molecular formula is C21H16N4OS4. The highest BCUT2D eigenvalue weighted by molar-refractivity contribution is 7.98. The number of thioether (sulfide) groups is 1. The molecule has 0 saturated heterocycles. The molecule has 5 heterocycles. The molecule has 0 bridgehead atoms. The zero-order valence-corrected chi connectivity index (χ0v) is 19.2. The summed E-state index contributed by atoms with van der Waals surface area (Å²) in [5.41, 5.74) is 2.86. The average molecular weight is 469 g/mol. The molecule has 150 valence electrons. The lowest BCUT2D eigenvalue weighted by molar-refractivity contribution is 0.635. The molecule has 0 saturated carbocycles. The van der Waals surface area contributed by atoms with Crippen LogP contribution in [-0.4, -0.2) is 19.5 Å². The molecule has 5 aromatic rings. The van der Waals surface area contributed by atoms with Crippen LogP contribution in [0.3, 0.4) is 0 Å². The van der Waals surface area contributed by atoms with Crippen molar-refractivity contribution in [1.82, 2.24) is 19.5 Å². The van der Waals surface area contributed by atoms with E-state index in [9.17, 15) is 4.79 Å². The van der Waals surface area contributed by atoms with Crippen molar-refractivity contribution in [3.8, 4) is 21.1 Å². The molecule has 30 heavy (non-hydrogen) atoms. The quantitative estimate of drug-likeness (QED) is 0.225. The van der Waals surface area contributed by atoms with Crippen LogP contribution < -0.4 is 5.56 Å². The minimum atomic E-state index is 0.0297. The van der Waals surface area contributed by atoms with Crippen LogP contribution in [0.2, 0.25) is 0 Å². The number of thiazole rings is 1. The molecule has 0 fully saturated rings. The molecule has 0 unspecified atom stereocenters. The fourth-order valence-electron chi connectivity index (χ4n) is 3.13. The van der Waals surface area contributed by atoms with Gasteiger partial charge in [0.15, 0.2) is 5.16 Å². The highest BCUT2D eigenvalue weighted by Crippen LogP contribution is 2.35. The second-order valence-corrected chi connectivity index (χ2v) is 10.0. The molecule has 5 rings (SSSR count).